The van der Waals surface area contributed by atoms with Crippen LogP contribution in [0, 0.1) is 5.92 Å². The molecule has 0 saturated carbocycles. The molecule has 0 spiro atoms. The largest absolute Gasteiger partial charge is 0.481 e. The highest BCUT2D eigenvalue weighted by molar-refractivity contribution is 5.77. The molecule has 1 amide bonds. The van der Waals surface area contributed by atoms with Crippen LogP contribution >= 0.6 is 0 Å². The van der Waals surface area contributed by atoms with E-state index in [1.807, 2.05) is 13.8 Å². The number of carbonyl (C=O) groups is 2. The molecule has 0 aliphatic rings. The van der Waals surface area contributed by atoms with E-state index in [1.54, 1.807) is 4.90 Å². The maximum absolute atomic E-state index is 11.8. The van der Waals surface area contributed by atoms with Crippen molar-refractivity contribution < 1.29 is 14.7 Å². The Bertz CT molecular complexity index is 236. The minimum absolute atomic E-state index is 0.0194. The molecule has 1 N–H and O–H groups in total. The van der Waals surface area contributed by atoms with Crippen LogP contribution in [-0.4, -0.2) is 34.5 Å². The highest BCUT2D eigenvalue weighted by Gasteiger charge is 2.17. The first-order valence-corrected chi connectivity index (χ1v) is 5.85. The van der Waals surface area contributed by atoms with Gasteiger partial charge in [-0.25, -0.2) is 0 Å². The van der Waals surface area contributed by atoms with Crippen molar-refractivity contribution in [2.75, 3.05) is 6.54 Å². The second-order valence-electron chi connectivity index (χ2n) is 4.76. The molecule has 4 heteroatoms. The lowest BCUT2D eigenvalue weighted by Crippen LogP contribution is -2.38. The Kier molecular flexibility index (Phi) is 6.77. The third-order valence-corrected chi connectivity index (χ3v) is 2.45. The average molecular weight is 229 g/mol. The third-order valence-electron chi connectivity index (χ3n) is 2.45. The van der Waals surface area contributed by atoms with E-state index in [9.17, 15) is 9.59 Å². The van der Waals surface area contributed by atoms with Gasteiger partial charge in [-0.05, 0) is 26.2 Å². The lowest BCUT2D eigenvalue weighted by Gasteiger charge is -2.26. The van der Waals surface area contributed by atoms with Crippen LogP contribution in [0.15, 0.2) is 0 Å². The molecule has 0 atom stereocenters. The number of carbonyl (C=O) groups excluding carboxylic acids is 1. The molecule has 0 aliphatic heterocycles. The zero-order valence-electron chi connectivity index (χ0n) is 10.7. The first-order valence-electron chi connectivity index (χ1n) is 5.85. The zero-order valence-corrected chi connectivity index (χ0v) is 10.7. The van der Waals surface area contributed by atoms with Crippen molar-refractivity contribution in [2.45, 2.75) is 53.0 Å². The Morgan fingerprint density at radius 2 is 1.69 bits per heavy atom. The second kappa shape index (κ2) is 7.25. The van der Waals surface area contributed by atoms with Crippen molar-refractivity contribution in [3.05, 3.63) is 0 Å². The number of amides is 1. The lowest BCUT2D eigenvalue weighted by molar-refractivity contribution is -0.139. The highest BCUT2D eigenvalue weighted by atomic mass is 16.4. The van der Waals surface area contributed by atoms with E-state index < -0.39 is 5.97 Å². The Morgan fingerprint density at radius 1 is 1.12 bits per heavy atom. The average Bonchev–Trinajstić information content (AvgIpc) is 2.13. The molecule has 0 aromatic rings. The molecule has 0 unspecified atom stereocenters. The maximum Gasteiger partial charge on any atom is 0.305 e. The fourth-order valence-electron chi connectivity index (χ4n) is 1.44. The van der Waals surface area contributed by atoms with Crippen LogP contribution in [0.2, 0.25) is 0 Å². The second-order valence-corrected chi connectivity index (χ2v) is 4.76. The van der Waals surface area contributed by atoms with Crippen LogP contribution in [0.3, 0.4) is 0 Å². The van der Waals surface area contributed by atoms with Crippen LogP contribution in [0.25, 0.3) is 0 Å². The normalized spacial score (nSPS) is 10.9. The molecule has 0 bridgehead atoms. The molecule has 0 heterocycles. The smallest absolute Gasteiger partial charge is 0.305 e. The molecule has 0 aliphatic carbocycles. The van der Waals surface area contributed by atoms with E-state index in [2.05, 4.69) is 13.8 Å². The predicted molar refractivity (Wildman–Crippen MR) is 63.2 cm³/mol. The van der Waals surface area contributed by atoms with Gasteiger partial charge in [-0.15, -0.1) is 0 Å². The summed E-state index contributed by atoms with van der Waals surface area (Å²) in [5.74, 6) is -0.301. The molecule has 0 saturated heterocycles. The third kappa shape index (κ3) is 6.43. The minimum Gasteiger partial charge on any atom is -0.481 e. The molecule has 0 aromatic heterocycles. The molecule has 4 nitrogen and oxygen atoms in total. The molecule has 0 rings (SSSR count). The van der Waals surface area contributed by atoms with Gasteiger partial charge >= 0.3 is 5.97 Å². The van der Waals surface area contributed by atoms with E-state index >= 15 is 0 Å². The van der Waals surface area contributed by atoms with E-state index in [0.29, 0.717) is 18.9 Å². The molecular weight excluding hydrogens is 206 g/mol. The summed E-state index contributed by atoms with van der Waals surface area (Å²) in [5, 5.41) is 8.61. The summed E-state index contributed by atoms with van der Waals surface area (Å²) >= 11 is 0. The van der Waals surface area contributed by atoms with Crippen LogP contribution in [0.1, 0.15) is 47.0 Å². The van der Waals surface area contributed by atoms with Gasteiger partial charge in [0.1, 0.15) is 0 Å². The van der Waals surface area contributed by atoms with Gasteiger partial charge in [0.25, 0.3) is 0 Å². The number of hydrogen-bond acceptors (Lipinski definition) is 2. The van der Waals surface area contributed by atoms with Crippen molar-refractivity contribution in [3.63, 3.8) is 0 Å². The van der Waals surface area contributed by atoms with Gasteiger partial charge < -0.3 is 10.0 Å². The van der Waals surface area contributed by atoms with Crippen molar-refractivity contribution >= 4 is 11.9 Å². The Labute approximate surface area is 97.6 Å². The van der Waals surface area contributed by atoms with Crippen LogP contribution in [-0.2, 0) is 9.59 Å². The topological polar surface area (TPSA) is 57.6 Å². The zero-order chi connectivity index (χ0) is 12.7. The van der Waals surface area contributed by atoms with Gasteiger partial charge in [0.05, 0.1) is 6.42 Å². The van der Waals surface area contributed by atoms with Crippen LogP contribution in [0.5, 0.6) is 0 Å². The van der Waals surface area contributed by atoms with Crippen LogP contribution in [0.4, 0.5) is 0 Å². The van der Waals surface area contributed by atoms with E-state index in [1.165, 1.54) is 0 Å². The summed E-state index contributed by atoms with van der Waals surface area (Å²) in [6.07, 6.45) is 1.39. The number of carboxylic acids is 1. The van der Waals surface area contributed by atoms with Gasteiger partial charge in [-0.3, -0.25) is 9.59 Å². The minimum atomic E-state index is -0.859. The summed E-state index contributed by atoms with van der Waals surface area (Å²) in [5.41, 5.74) is 0. The molecule has 0 fully saturated rings. The lowest BCUT2D eigenvalue weighted by atomic mass is 10.1. The van der Waals surface area contributed by atoms with E-state index in [4.69, 9.17) is 5.11 Å². The van der Waals surface area contributed by atoms with Gasteiger partial charge in [0, 0.05) is 19.0 Å². The molecule has 16 heavy (non-hydrogen) atoms. The molecular formula is C12H23NO3. The number of hydrogen-bond donors (Lipinski definition) is 1. The molecule has 0 radical (unpaired) electrons. The van der Waals surface area contributed by atoms with Gasteiger partial charge in [0.2, 0.25) is 5.91 Å². The predicted octanol–water partition coefficient (Wildman–Crippen LogP) is 2.13. The summed E-state index contributed by atoms with van der Waals surface area (Å²) in [6, 6.07) is 0.0685. The fraction of sp³-hybridized carbons (Fsp3) is 0.833. The van der Waals surface area contributed by atoms with Crippen molar-refractivity contribution in [1.82, 2.24) is 4.90 Å². The number of carboxylic acid groups (broad SMARTS) is 1. The standard InChI is InChI=1S/C12H23NO3/c1-9(2)5-6-11(14)13(10(3)4)8-7-12(15)16/h9-10H,5-8H2,1-4H3,(H,15,16). The quantitative estimate of drug-likeness (QED) is 0.727. The highest BCUT2D eigenvalue weighted by Crippen LogP contribution is 2.09. The molecule has 0 aromatic carbocycles. The van der Waals surface area contributed by atoms with Crippen LogP contribution < -0.4 is 0 Å². The van der Waals surface area contributed by atoms with Crippen molar-refractivity contribution in [1.29, 1.82) is 0 Å². The van der Waals surface area contributed by atoms with Gasteiger partial charge in [-0.1, -0.05) is 13.8 Å². The van der Waals surface area contributed by atoms with E-state index in [0.717, 1.165) is 6.42 Å². The van der Waals surface area contributed by atoms with Crippen molar-refractivity contribution in [2.24, 2.45) is 5.92 Å². The van der Waals surface area contributed by atoms with Crippen molar-refractivity contribution in [3.8, 4) is 0 Å². The summed E-state index contributed by atoms with van der Waals surface area (Å²) in [7, 11) is 0. The number of nitrogens with zero attached hydrogens (tertiary/aromatic N) is 1. The summed E-state index contributed by atoms with van der Waals surface area (Å²) in [6.45, 7) is 8.28. The Hall–Kier alpha value is -1.06. The Morgan fingerprint density at radius 3 is 2.06 bits per heavy atom. The first kappa shape index (κ1) is 14.9. The van der Waals surface area contributed by atoms with E-state index in [-0.39, 0.29) is 18.4 Å². The maximum atomic E-state index is 11.8. The SMILES string of the molecule is CC(C)CCC(=O)N(CCC(=O)O)C(C)C. The van der Waals surface area contributed by atoms with Gasteiger partial charge in [-0.2, -0.15) is 0 Å². The number of rotatable bonds is 7. The molecule has 94 valence electrons. The van der Waals surface area contributed by atoms with Gasteiger partial charge in [0.15, 0.2) is 0 Å². The first-order chi connectivity index (χ1) is 7.34. The summed E-state index contributed by atoms with van der Waals surface area (Å²) in [4.78, 5) is 24.0. The number of aliphatic carboxylic acids is 1. The summed E-state index contributed by atoms with van der Waals surface area (Å²) < 4.78 is 0. The fourth-order valence-corrected chi connectivity index (χ4v) is 1.44. The Balaban J connectivity index is 4.19. The monoisotopic (exact) mass is 229 g/mol.